The fourth-order valence-electron chi connectivity index (χ4n) is 2.45. The molecule has 0 bridgehead atoms. The topological polar surface area (TPSA) is 64.3 Å². The molecule has 106 valence electrons. The zero-order valence-electron chi connectivity index (χ0n) is 12.0. The van der Waals surface area contributed by atoms with E-state index < -0.39 is 0 Å². The first-order valence-electron chi connectivity index (χ1n) is 7.11. The van der Waals surface area contributed by atoms with Crippen LogP contribution in [-0.2, 0) is 9.53 Å². The lowest BCUT2D eigenvalue weighted by Crippen LogP contribution is -2.44. The van der Waals surface area contributed by atoms with Crippen molar-refractivity contribution in [3.8, 4) is 0 Å². The Hall–Kier alpha value is -0.610. The summed E-state index contributed by atoms with van der Waals surface area (Å²) in [5.74, 6) is 0.832. The third-order valence-corrected chi connectivity index (χ3v) is 3.74. The minimum atomic E-state index is -0.176. The Labute approximate surface area is 111 Å². The van der Waals surface area contributed by atoms with Gasteiger partial charge in [-0.25, -0.2) is 0 Å². The van der Waals surface area contributed by atoms with Gasteiger partial charge in [-0.1, -0.05) is 6.92 Å². The smallest absolute Gasteiger partial charge is 0.222 e. The van der Waals surface area contributed by atoms with Crippen LogP contribution in [0.3, 0.4) is 0 Å². The number of rotatable bonds is 6. The van der Waals surface area contributed by atoms with E-state index in [9.17, 15) is 4.79 Å². The third kappa shape index (κ3) is 4.94. The van der Waals surface area contributed by atoms with Crippen LogP contribution >= 0.6 is 0 Å². The number of hydrogen-bond acceptors (Lipinski definition) is 3. The average molecular weight is 256 g/mol. The van der Waals surface area contributed by atoms with Crippen molar-refractivity contribution in [1.82, 2.24) is 5.32 Å². The van der Waals surface area contributed by atoms with E-state index in [1.165, 1.54) is 12.8 Å². The standard InChI is InChI=1S/C14H28N2O2/c1-11(2)16-13(17)6-9-18-14(10-15)7-4-12(3)5-8-14/h11-12H,4-10,15H2,1-3H3,(H,16,17). The maximum atomic E-state index is 11.5. The zero-order chi connectivity index (χ0) is 13.6. The molecule has 18 heavy (non-hydrogen) atoms. The average Bonchev–Trinajstić information content (AvgIpc) is 2.31. The summed E-state index contributed by atoms with van der Waals surface area (Å²) in [5, 5.41) is 2.87. The minimum Gasteiger partial charge on any atom is -0.373 e. The predicted molar refractivity (Wildman–Crippen MR) is 73.3 cm³/mol. The SMILES string of the molecule is CC1CCC(CN)(OCCC(=O)NC(C)C)CC1. The van der Waals surface area contributed by atoms with E-state index in [-0.39, 0.29) is 17.6 Å². The molecule has 0 unspecified atom stereocenters. The van der Waals surface area contributed by atoms with Gasteiger partial charge in [-0.05, 0) is 45.4 Å². The quantitative estimate of drug-likeness (QED) is 0.762. The highest BCUT2D eigenvalue weighted by molar-refractivity contribution is 5.76. The van der Waals surface area contributed by atoms with Crippen molar-refractivity contribution < 1.29 is 9.53 Å². The van der Waals surface area contributed by atoms with Crippen molar-refractivity contribution in [1.29, 1.82) is 0 Å². The van der Waals surface area contributed by atoms with Gasteiger partial charge in [0.15, 0.2) is 0 Å². The van der Waals surface area contributed by atoms with Crippen molar-refractivity contribution in [2.24, 2.45) is 11.7 Å². The molecule has 1 saturated carbocycles. The number of amides is 1. The molecule has 0 spiro atoms. The van der Waals surface area contributed by atoms with Crippen molar-refractivity contribution in [2.45, 2.75) is 64.5 Å². The first-order chi connectivity index (χ1) is 8.47. The lowest BCUT2D eigenvalue weighted by molar-refractivity contribution is -0.125. The predicted octanol–water partition coefficient (Wildman–Crippen LogP) is 1.83. The van der Waals surface area contributed by atoms with E-state index in [2.05, 4.69) is 12.2 Å². The second kappa shape index (κ2) is 7.10. The van der Waals surface area contributed by atoms with Crippen LogP contribution in [0.1, 0.15) is 52.9 Å². The summed E-state index contributed by atoms with van der Waals surface area (Å²) in [6.45, 7) is 7.23. The van der Waals surface area contributed by atoms with E-state index in [1.54, 1.807) is 0 Å². The monoisotopic (exact) mass is 256 g/mol. The number of carbonyl (C=O) groups is 1. The Balaban J connectivity index is 2.29. The minimum absolute atomic E-state index is 0.0568. The van der Waals surface area contributed by atoms with Crippen LogP contribution in [0, 0.1) is 5.92 Å². The van der Waals surface area contributed by atoms with Crippen molar-refractivity contribution in [3.63, 3.8) is 0 Å². The summed E-state index contributed by atoms with van der Waals surface area (Å²) in [6, 6.07) is 0.191. The van der Waals surface area contributed by atoms with Gasteiger partial charge in [-0.2, -0.15) is 0 Å². The lowest BCUT2D eigenvalue weighted by Gasteiger charge is -2.38. The molecule has 4 nitrogen and oxygen atoms in total. The van der Waals surface area contributed by atoms with Gasteiger partial charge >= 0.3 is 0 Å². The summed E-state index contributed by atoms with van der Waals surface area (Å²) >= 11 is 0. The fourth-order valence-corrected chi connectivity index (χ4v) is 2.45. The summed E-state index contributed by atoms with van der Waals surface area (Å²) in [4.78, 5) is 11.5. The fraction of sp³-hybridized carbons (Fsp3) is 0.929. The number of carbonyl (C=O) groups excluding carboxylic acids is 1. The summed E-state index contributed by atoms with van der Waals surface area (Å²) in [6.07, 6.45) is 4.83. The van der Waals surface area contributed by atoms with Crippen molar-refractivity contribution >= 4 is 5.91 Å². The van der Waals surface area contributed by atoms with Crippen LogP contribution in [-0.4, -0.2) is 30.7 Å². The number of hydrogen-bond donors (Lipinski definition) is 2. The van der Waals surface area contributed by atoms with Crippen LogP contribution < -0.4 is 11.1 Å². The summed E-state index contributed by atoms with van der Waals surface area (Å²) in [5.41, 5.74) is 5.68. The Morgan fingerprint density at radius 1 is 1.44 bits per heavy atom. The molecule has 1 rings (SSSR count). The maximum Gasteiger partial charge on any atom is 0.222 e. The molecule has 3 N–H and O–H groups in total. The zero-order valence-corrected chi connectivity index (χ0v) is 12.0. The maximum absolute atomic E-state index is 11.5. The molecule has 4 heteroatoms. The van der Waals surface area contributed by atoms with Crippen molar-refractivity contribution in [2.75, 3.05) is 13.2 Å². The Kier molecular flexibility index (Phi) is 6.09. The first kappa shape index (κ1) is 15.4. The molecule has 0 aromatic carbocycles. The van der Waals surface area contributed by atoms with Gasteiger partial charge in [-0.15, -0.1) is 0 Å². The molecular formula is C14H28N2O2. The highest BCUT2D eigenvalue weighted by atomic mass is 16.5. The second-order valence-corrected chi connectivity index (χ2v) is 5.89. The molecule has 1 aliphatic rings. The molecule has 0 aromatic heterocycles. The Bertz CT molecular complexity index is 259. The second-order valence-electron chi connectivity index (χ2n) is 5.89. The van der Waals surface area contributed by atoms with Crippen LogP contribution in [0.4, 0.5) is 0 Å². The molecule has 0 atom stereocenters. The van der Waals surface area contributed by atoms with E-state index >= 15 is 0 Å². The van der Waals surface area contributed by atoms with Crippen LogP contribution in [0.5, 0.6) is 0 Å². The van der Waals surface area contributed by atoms with Gasteiger partial charge in [0, 0.05) is 19.0 Å². The normalized spacial score (nSPS) is 28.4. The highest BCUT2D eigenvalue weighted by Crippen LogP contribution is 2.34. The Morgan fingerprint density at radius 2 is 2.06 bits per heavy atom. The van der Waals surface area contributed by atoms with Gasteiger partial charge in [-0.3, -0.25) is 4.79 Å². The number of nitrogens with one attached hydrogen (secondary N) is 1. The molecule has 1 fully saturated rings. The molecule has 0 aliphatic heterocycles. The third-order valence-electron chi connectivity index (χ3n) is 3.74. The van der Waals surface area contributed by atoms with Gasteiger partial charge in [0.1, 0.15) is 0 Å². The van der Waals surface area contributed by atoms with E-state index in [0.717, 1.165) is 18.8 Å². The number of ether oxygens (including phenoxy) is 1. The van der Waals surface area contributed by atoms with E-state index in [1.807, 2.05) is 13.8 Å². The van der Waals surface area contributed by atoms with Crippen molar-refractivity contribution in [3.05, 3.63) is 0 Å². The highest BCUT2D eigenvalue weighted by Gasteiger charge is 2.33. The lowest BCUT2D eigenvalue weighted by atomic mass is 9.79. The summed E-state index contributed by atoms with van der Waals surface area (Å²) in [7, 11) is 0. The van der Waals surface area contributed by atoms with Gasteiger partial charge in [0.05, 0.1) is 12.2 Å². The van der Waals surface area contributed by atoms with Crippen LogP contribution in [0.25, 0.3) is 0 Å². The van der Waals surface area contributed by atoms with Gasteiger partial charge < -0.3 is 15.8 Å². The van der Waals surface area contributed by atoms with Crippen LogP contribution in [0.2, 0.25) is 0 Å². The molecular weight excluding hydrogens is 228 g/mol. The molecule has 1 amide bonds. The summed E-state index contributed by atoms with van der Waals surface area (Å²) < 4.78 is 5.93. The first-order valence-corrected chi connectivity index (χ1v) is 7.11. The molecule has 0 heterocycles. The van der Waals surface area contributed by atoms with E-state index in [4.69, 9.17) is 10.5 Å². The largest absolute Gasteiger partial charge is 0.373 e. The molecule has 0 aromatic rings. The van der Waals surface area contributed by atoms with Gasteiger partial charge in [0.25, 0.3) is 0 Å². The molecule has 0 radical (unpaired) electrons. The molecule has 0 saturated heterocycles. The van der Waals surface area contributed by atoms with E-state index in [0.29, 0.717) is 19.6 Å². The van der Waals surface area contributed by atoms with Crippen LogP contribution in [0.15, 0.2) is 0 Å². The number of nitrogens with two attached hydrogens (primary N) is 1. The van der Waals surface area contributed by atoms with Gasteiger partial charge in [0.2, 0.25) is 5.91 Å². The molecule has 1 aliphatic carbocycles. The Morgan fingerprint density at radius 3 is 2.56 bits per heavy atom.